The number of benzene rings is 3. The van der Waals surface area contributed by atoms with Crippen molar-refractivity contribution in [2.45, 2.75) is 44.3 Å². The zero-order chi connectivity index (χ0) is 30.8. The number of carboxylic acid groups (broad SMARTS) is 1. The molecule has 4 aromatic rings. The van der Waals surface area contributed by atoms with Gasteiger partial charge in [-0.15, -0.1) is 11.3 Å². The van der Waals surface area contributed by atoms with E-state index >= 15 is 0 Å². The first-order chi connectivity index (χ1) is 20.6. The Morgan fingerprint density at radius 1 is 1.02 bits per heavy atom. The molecular formula is C32H28ClF2N3O4S. The fourth-order valence-electron chi connectivity index (χ4n) is 5.65. The van der Waals surface area contributed by atoms with Crippen LogP contribution in [0.4, 0.5) is 13.6 Å². The van der Waals surface area contributed by atoms with Gasteiger partial charge >= 0.3 is 6.09 Å². The van der Waals surface area contributed by atoms with Gasteiger partial charge in [-0.3, -0.25) is 4.79 Å². The van der Waals surface area contributed by atoms with Crippen molar-refractivity contribution in [1.29, 1.82) is 5.26 Å². The minimum absolute atomic E-state index is 0.0273. The number of hydrogen-bond acceptors (Lipinski definition) is 5. The second kappa shape index (κ2) is 12.6. The van der Waals surface area contributed by atoms with Crippen LogP contribution in [0.5, 0.6) is 5.75 Å². The van der Waals surface area contributed by atoms with Crippen molar-refractivity contribution in [2.24, 2.45) is 0 Å². The van der Waals surface area contributed by atoms with E-state index < -0.39 is 23.6 Å². The number of nitrogens with zero attached hydrogens (tertiary/aromatic N) is 3. The second-order valence-electron chi connectivity index (χ2n) is 10.5. The molecule has 1 aliphatic carbocycles. The first kappa shape index (κ1) is 30.3. The van der Waals surface area contributed by atoms with E-state index in [-0.39, 0.29) is 38.6 Å². The summed E-state index contributed by atoms with van der Waals surface area (Å²) in [7, 11) is 3.07. The molecule has 5 rings (SSSR count). The molecule has 43 heavy (non-hydrogen) atoms. The number of carbonyl (C=O) groups is 2. The molecule has 0 saturated heterocycles. The molecule has 0 spiro atoms. The van der Waals surface area contributed by atoms with Crippen molar-refractivity contribution in [2.75, 3.05) is 14.2 Å². The number of rotatable bonds is 7. The predicted molar refractivity (Wildman–Crippen MR) is 162 cm³/mol. The normalized spacial score (nSPS) is 16.5. The van der Waals surface area contributed by atoms with E-state index in [9.17, 15) is 23.5 Å². The van der Waals surface area contributed by atoms with E-state index in [1.54, 1.807) is 23.1 Å². The van der Waals surface area contributed by atoms with Crippen molar-refractivity contribution in [1.82, 2.24) is 9.80 Å². The van der Waals surface area contributed by atoms with E-state index in [2.05, 4.69) is 6.07 Å². The summed E-state index contributed by atoms with van der Waals surface area (Å²) in [5.41, 5.74) is 2.96. The van der Waals surface area contributed by atoms with Crippen LogP contribution >= 0.6 is 22.9 Å². The van der Waals surface area contributed by atoms with Gasteiger partial charge in [0.1, 0.15) is 22.3 Å². The fourth-order valence-corrected chi connectivity index (χ4v) is 7.15. The zero-order valence-electron chi connectivity index (χ0n) is 23.4. The Morgan fingerprint density at radius 3 is 2.26 bits per heavy atom. The molecule has 1 fully saturated rings. The van der Waals surface area contributed by atoms with Crippen molar-refractivity contribution in [3.8, 4) is 22.9 Å². The van der Waals surface area contributed by atoms with Crippen molar-refractivity contribution >= 4 is 45.0 Å². The molecule has 1 aliphatic rings. The summed E-state index contributed by atoms with van der Waals surface area (Å²) in [6.45, 7) is 0.117. The van der Waals surface area contributed by atoms with Gasteiger partial charge in [-0.05, 0) is 73.2 Å². The quantitative estimate of drug-likeness (QED) is 0.225. The maximum Gasteiger partial charge on any atom is 0.407 e. The first-order valence-corrected chi connectivity index (χ1v) is 14.8. The maximum absolute atomic E-state index is 14.7. The van der Waals surface area contributed by atoms with Crippen LogP contribution in [0.3, 0.4) is 0 Å². The number of amides is 2. The van der Waals surface area contributed by atoms with E-state index in [1.165, 1.54) is 19.1 Å². The van der Waals surface area contributed by atoms with E-state index in [0.29, 0.717) is 42.6 Å². The van der Waals surface area contributed by atoms with Crippen LogP contribution < -0.4 is 4.74 Å². The largest absolute Gasteiger partial charge is 0.496 e. The molecule has 3 aromatic carbocycles. The Kier molecular flexibility index (Phi) is 8.85. The third-order valence-corrected chi connectivity index (χ3v) is 9.74. The SMILES string of the molecule is COc1ccc(-c2ccc(C#N)cc2)cc1CN(C(=O)c1sc2c(F)ccc(F)c2c1Cl)C1CCC(N(C)C(=O)O)CC1. The van der Waals surface area contributed by atoms with Gasteiger partial charge in [-0.1, -0.05) is 29.8 Å². The zero-order valence-corrected chi connectivity index (χ0v) is 25.0. The molecule has 0 bridgehead atoms. The van der Waals surface area contributed by atoms with E-state index in [1.807, 2.05) is 24.3 Å². The van der Waals surface area contributed by atoms with E-state index in [4.69, 9.17) is 21.6 Å². The predicted octanol–water partition coefficient (Wildman–Crippen LogP) is 7.94. The van der Waals surface area contributed by atoms with Crippen molar-refractivity contribution in [3.63, 3.8) is 0 Å². The van der Waals surface area contributed by atoms with Gasteiger partial charge < -0.3 is 19.6 Å². The molecule has 0 aliphatic heterocycles. The summed E-state index contributed by atoms with van der Waals surface area (Å²) in [6.07, 6.45) is 1.13. The monoisotopic (exact) mass is 623 g/mol. The highest BCUT2D eigenvalue weighted by atomic mass is 35.5. The van der Waals surface area contributed by atoms with Gasteiger partial charge in [-0.2, -0.15) is 5.26 Å². The number of hydrogen-bond donors (Lipinski definition) is 1. The number of ether oxygens (including phenoxy) is 1. The highest BCUT2D eigenvalue weighted by molar-refractivity contribution is 7.21. The van der Waals surface area contributed by atoms with Crippen LogP contribution in [0.2, 0.25) is 5.02 Å². The molecule has 1 saturated carbocycles. The number of halogens is 3. The number of methoxy groups -OCH3 is 1. The molecule has 0 radical (unpaired) electrons. The minimum Gasteiger partial charge on any atom is -0.496 e. The van der Waals surface area contributed by atoms with Gasteiger partial charge in [0.25, 0.3) is 5.91 Å². The Labute approximate surface area is 256 Å². The lowest BCUT2D eigenvalue weighted by Crippen LogP contribution is -2.46. The third-order valence-electron chi connectivity index (χ3n) is 8.06. The molecule has 1 heterocycles. The molecule has 1 N–H and O–H groups in total. The molecule has 7 nitrogen and oxygen atoms in total. The number of carbonyl (C=O) groups excluding carboxylic acids is 1. The Bertz CT molecular complexity index is 1730. The Hall–Kier alpha value is -4.20. The molecule has 0 atom stereocenters. The molecule has 222 valence electrons. The summed E-state index contributed by atoms with van der Waals surface area (Å²) in [4.78, 5) is 28.8. The Balaban J connectivity index is 1.54. The maximum atomic E-state index is 14.7. The second-order valence-corrected chi connectivity index (χ2v) is 11.9. The van der Waals surface area contributed by atoms with Gasteiger partial charge in [0, 0.05) is 31.2 Å². The number of fused-ring (bicyclic) bond motifs is 1. The van der Waals surface area contributed by atoms with Crippen LogP contribution in [-0.4, -0.2) is 53.1 Å². The lowest BCUT2D eigenvalue weighted by molar-refractivity contribution is 0.0555. The Morgan fingerprint density at radius 2 is 1.65 bits per heavy atom. The standard InChI is InChI=1S/C32H28ClF2N3O4S/c1-37(32(40)41)22-8-10-23(11-9-22)38(31(39)30-28(33)27-24(34)12-13-25(35)29(27)43-30)17-21-15-20(7-14-26(21)42-2)19-5-3-18(16-36)4-6-19/h3-7,12-15,22-23H,8-11,17H2,1-2H3,(H,40,41). The van der Waals surface area contributed by atoms with Crippen LogP contribution in [-0.2, 0) is 6.54 Å². The first-order valence-electron chi connectivity index (χ1n) is 13.6. The van der Waals surface area contributed by atoms with Gasteiger partial charge in [0.2, 0.25) is 0 Å². The molecular weight excluding hydrogens is 596 g/mol. The molecule has 11 heteroatoms. The minimum atomic E-state index is -1.01. The molecule has 2 amide bonds. The van der Waals surface area contributed by atoms with E-state index in [0.717, 1.165) is 34.6 Å². The number of nitriles is 1. The average molecular weight is 624 g/mol. The van der Waals surface area contributed by atoms with Gasteiger partial charge in [-0.25, -0.2) is 13.6 Å². The lowest BCUT2D eigenvalue weighted by Gasteiger charge is -2.39. The smallest absolute Gasteiger partial charge is 0.407 e. The third kappa shape index (κ3) is 6.01. The summed E-state index contributed by atoms with van der Waals surface area (Å²) in [6, 6.07) is 16.4. The summed E-state index contributed by atoms with van der Waals surface area (Å²) < 4.78 is 34.9. The van der Waals surface area contributed by atoms with Gasteiger partial charge in [0.05, 0.1) is 33.9 Å². The summed E-state index contributed by atoms with van der Waals surface area (Å²) in [5, 5.41) is 18.4. The topological polar surface area (TPSA) is 93.9 Å². The molecule has 1 aromatic heterocycles. The average Bonchev–Trinajstić information content (AvgIpc) is 3.39. The highest BCUT2D eigenvalue weighted by Crippen LogP contribution is 2.41. The molecule has 0 unspecified atom stereocenters. The highest BCUT2D eigenvalue weighted by Gasteiger charge is 2.34. The van der Waals surface area contributed by atoms with Crippen LogP contribution in [0, 0.1) is 23.0 Å². The summed E-state index contributed by atoms with van der Waals surface area (Å²) in [5.74, 6) is -1.29. The lowest BCUT2D eigenvalue weighted by atomic mass is 9.89. The van der Waals surface area contributed by atoms with Crippen molar-refractivity contribution in [3.05, 3.63) is 87.3 Å². The number of thiophene rings is 1. The van der Waals surface area contributed by atoms with Crippen LogP contribution in [0.25, 0.3) is 21.2 Å². The fraction of sp³-hybridized carbons (Fsp3) is 0.281. The summed E-state index contributed by atoms with van der Waals surface area (Å²) >= 11 is 7.36. The van der Waals surface area contributed by atoms with Crippen LogP contribution in [0.15, 0.2) is 54.6 Å². The van der Waals surface area contributed by atoms with Gasteiger partial charge in [0.15, 0.2) is 0 Å². The van der Waals surface area contributed by atoms with Crippen LogP contribution in [0.1, 0.15) is 46.5 Å². The van der Waals surface area contributed by atoms with Crippen molar-refractivity contribution < 1.29 is 28.2 Å².